The quantitative estimate of drug-likeness (QED) is 0.543. The molecule has 2 aromatic rings. The zero-order chi connectivity index (χ0) is 17.4. The predicted molar refractivity (Wildman–Crippen MR) is 94.0 cm³/mol. The van der Waals surface area contributed by atoms with E-state index in [0.717, 1.165) is 16.9 Å². The Morgan fingerprint density at radius 2 is 1.33 bits per heavy atom. The molecule has 0 amide bonds. The van der Waals surface area contributed by atoms with E-state index in [0.29, 0.717) is 17.2 Å². The second kappa shape index (κ2) is 8.84. The summed E-state index contributed by atoms with van der Waals surface area (Å²) >= 11 is 0. The standard InChI is InChI=1S/C19H22O5/c1-20-13-24-16-9-7-14(8-10-16)5-6-15-11-17(21-2)19(23-4)18(12-15)22-3/h5-12H,13H2,1-4H3. The minimum Gasteiger partial charge on any atom is -0.493 e. The molecule has 0 saturated heterocycles. The van der Waals surface area contributed by atoms with Crippen LogP contribution >= 0.6 is 0 Å². The summed E-state index contributed by atoms with van der Waals surface area (Å²) in [6, 6.07) is 11.5. The van der Waals surface area contributed by atoms with Gasteiger partial charge < -0.3 is 23.7 Å². The maximum atomic E-state index is 5.37. The smallest absolute Gasteiger partial charge is 0.203 e. The van der Waals surface area contributed by atoms with Crippen LogP contribution in [0.1, 0.15) is 11.1 Å². The zero-order valence-corrected chi connectivity index (χ0v) is 14.4. The van der Waals surface area contributed by atoms with Gasteiger partial charge in [-0.1, -0.05) is 24.3 Å². The van der Waals surface area contributed by atoms with Gasteiger partial charge in [-0.25, -0.2) is 0 Å². The Bertz CT molecular complexity index is 652. The fraction of sp³-hybridized carbons (Fsp3) is 0.263. The first-order valence-corrected chi connectivity index (χ1v) is 7.41. The molecule has 0 radical (unpaired) electrons. The third-order valence-electron chi connectivity index (χ3n) is 3.38. The third-order valence-corrected chi connectivity index (χ3v) is 3.38. The van der Waals surface area contributed by atoms with Gasteiger partial charge in [0.1, 0.15) is 5.75 Å². The first-order valence-electron chi connectivity index (χ1n) is 7.41. The Hall–Kier alpha value is -2.66. The molecule has 0 atom stereocenters. The highest BCUT2D eigenvalue weighted by atomic mass is 16.7. The lowest BCUT2D eigenvalue weighted by atomic mass is 10.1. The molecule has 0 aliphatic rings. The Morgan fingerprint density at radius 3 is 1.83 bits per heavy atom. The highest BCUT2D eigenvalue weighted by Gasteiger charge is 2.11. The van der Waals surface area contributed by atoms with E-state index in [1.165, 1.54) is 0 Å². The van der Waals surface area contributed by atoms with Crippen LogP contribution in [-0.2, 0) is 4.74 Å². The van der Waals surface area contributed by atoms with Crippen molar-refractivity contribution in [3.8, 4) is 23.0 Å². The SMILES string of the molecule is COCOc1ccc(C=Cc2cc(OC)c(OC)c(OC)c2)cc1. The molecule has 0 saturated carbocycles. The number of ether oxygens (including phenoxy) is 5. The van der Waals surface area contributed by atoms with Crippen LogP contribution in [0.3, 0.4) is 0 Å². The van der Waals surface area contributed by atoms with Crippen LogP contribution in [-0.4, -0.2) is 35.2 Å². The van der Waals surface area contributed by atoms with E-state index in [2.05, 4.69) is 0 Å². The van der Waals surface area contributed by atoms with Crippen LogP contribution in [0.5, 0.6) is 23.0 Å². The average Bonchev–Trinajstić information content (AvgIpc) is 2.64. The molecule has 5 heteroatoms. The maximum Gasteiger partial charge on any atom is 0.203 e. The fourth-order valence-electron chi connectivity index (χ4n) is 2.19. The van der Waals surface area contributed by atoms with Crippen molar-refractivity contribution in [3.63, 3.8) is 0 Å². The van der Waals surface area contributed by atoms with Gasteiger partial charge in [0.25, 0.3) is 0 Å². The van der Waals surface area contributed by atoms with Gasteiger partial charge in [-0.3, -0.25) is 0 Å². The van der Waals surface area contributed by atoms with Crippen LogP contribution in [0, 0.1) is 0 Å². The minimum atomic E-state index is 0.237. The van der Waals surface area contributed by atoms with E-state index in [1.54, 1.807) is 28.4 Å². The van der Waals surface area contributed by atoms with Gasteiger partial charge in [0.15, 0.2) is 18.3 Å². The molecule has 0 spiro atoms. The highest BCUT2D eigenvalue weighted by Crippen LogP contribution is 2.38. The molecule has 24 heavy (non-hydrogen) atoms. The molecule has 0 heterocycles. The van der Waals surface area contributed by atoms with Gasteiger partial charge >= 0.3 is 0 Å². The molecule has 0 fully saturated rings. The van der Waals surface area contributed by atoms with Gasteiger partial charge in [0.05, 0.1) is 21.3 Å². The van der Waals surface area contributed by atoms with E-state index in [1.807, 2.05) is 48.6 Å². The lowest BCUT2D eigenvalue weighted by Crippen LogP contribution is -1.98. The van der Waals surface area contributed by atoms with E-state index >= 15 is 0 Å². The van der Waals surface area contributed by atoms with Crippen LogP contribution in [0.2, 0.25) is 0 Å². The Kier molecular flexibility index (Phi) is 6.51. The molecular weight excluding hydrogens is 308 g/mol. The van der Waals surface area contributed by atoms with Crippen molar-refractivity contribution in [1.29, 1.82) is 0 Å². The number of rotatable bonds is 8. The molecular formula is C19H22O5. The summed E-state index contributed by atoms with van der Waals surface area (Å²) in [6.45, 7) is 0.237. The molecule has 2 rings (SSSR count). The normalized spacial score (nSPS) is 10.7. The summed E-state index contributed by atoms with van der Waals surface area (Å²) in [5, 5.41) is 0. The first-order chi connectivity index (χ1) is 11.7. The van der Waals surface area contributed by atoms with Crippen molar-refractivity contribution in [2.45, 2.75) is 0 Å². The minimum absolute atomic E-state index is 0.237. The van der Waals surface area contributed by atoms with Gasteiger partial charge in [-0.15, -0.1) is 0 Å². The van der Waals surface area contributed by atoms with Crippen molar-refractivity contribution in [3.05, 3.63) is 47.5 Å². The molecule has 0 aliphatic heterocycles. The van der Waals surface area contributed by atoms with E-state index in [9.17, 15) is 0 Å². The summed E-state index contributed by atoms with van der Waals surface area (Å²) in [4.78, 5) is 0. The number of methoxy groups -OCH3 is 4. The molecule has 128 valence electrons. The van der Waals surface area contributed by atoms with E-state index in [-0.39, 0.29) is 6.79 Å². The summed E-state index contributed by atoms with van der Waals surface area (Å²) in [6.07, 6.45) is 3.98. The monoisotopic (exact) mass is 330 g/mol. The zero-order valence-electron chi connectivity index (χ0n) is 14.4. The van der Waals surface area contributed by atoms with Gasteiger partial charge in [-0.05, 0) is 35.4 Å². The van der Waals surface area contributed by atoms with Crippen LogP contribution in [0.15, 0.2) is 36.4 Å². The van der Waals surface area contributed by atoms with Gasteiger partial charge in [0, 0.05) is 7.11 Å². The van der Waals surface area contributed by atoms with Crippen molar-refractivity contribution < 1.29 is 23.7 Å². The summed E-state index contributed by atoms with van der Waals surface area (Å²) in [5.41, 5.74) is 2.00. The van der Waals surface area contributed by atoms with Crippen LogP contribution < -0.4 is 18.9 Å². The lowest BCUT2D eigenvalue weighted by Gasteiger charge is -2.12. The largest absolute Gasteiger partial charge is 0.493 e. The number of hydrogen-bond acceptors (Lipinski definition) is 5. The average molecular weight is 330 g/mol. The number of benzene rings is 2. The maximum absolute atomic E-state index is 5.37. The van der Waals surface area contributed by atoms with E-state index < -0.39 is 0 Å². The lowest BCUT2D eigenvalue weighted by molar-refractivity contribution is 0.0511. The fourth-order valence-corrected chi connectivity index (χ4v) is 2.19. The predicted octanol–water partition coefficient (Wildman–Crippen LogP) is 3.87. The van der Waals surface area contributed by atoms with Crippen molar-refractivity contribution in [2.24, 2.45) is 0 Å². The van der Waals surface area contributed by atoms with Crippen molar-refractivity contribution >= 4 is 12.2 Å². The Balaban J connectivity index is 2.19. The summed E-state index contributed by atoms with van der Waals surface area (Å²) in [5.74, 6) is 2.60. The Labute approximate surface area is 142 Å². The molecule has 0 N–H and O–H groups in total. The third kappa shape index (κ3) is 4.43. The van der Waals surface area contributed by atoms with Crippen molar-refractivity contribution in [2.75, 3.05) is 35.2 Å². The van der Waals surface area contributed by atoms with Gasteiger partial charge in [0.2, 0.25) is 5.75 Å². The summed E-state index contributed by atoms with van der Waals surface area (Å²) in [7, 11) is 6.38. The second-order valence-electron chi connectivity index (χ2n) is 4.91. The molecule has 0 unspecified atom stereocenters. The van der Waals surface area contributed by atoms with E-state index in [4.69, 9.17) is 23.7 Å². The Morgan fingerprint density at radius 1 is 0.750 bits per heavy atom. The molecule has 0 aromatic heterocycles. The van der Waals surface area contributed by atoms with Crippen LogP contribution in [0.25, 0.3) is 12.2 Å². The second-order valence-corrected chi connectivity index (χ2v) is 4.91. The molecule has 2 aromatic carbocycles. The molecule has 0 aliphatic carbocycles. The first kappa shape index (κ1) is 17.7. The topological polar surface area (TPSA) is 46.2 Å². The van der Waals surface area contributed by atoms with Crippen molar-refractivity contribution in [1.82, 2.24) is 0 Å². The summed E-state index contributed by atoms with van der Waals surface area (Å²) < 4.78 is 26.3. The highest BCUT2D eigenvalue weighted by molar-refractivity contribution is 5.72. The van der Waals surface area contributed by atoms with Gasteiger partial charge in [-0.2, -0.15) is 0 Å². The number of hydrogen-bond donors (Lipinski definition) is 0. The van der Waals surface area contributed by atoms with Crippen LogP contribution in [0.4, 0.5) is 0 Å². The molecule has 0 bridgehead atoms. The molecule has 5 nitrogen and oxygen atoms in total.